The zero-order valence-electron chi connectivity index (χ0n) is 12.7. The number of rotatable bonds is 6. The third-order valence-corrected chi connectivity index (χ3v) is 4.27. The highest BCUT2D eigenvalue weighted by molar-refractivity contribution is 7.88. The maximum absolute atomic E-state index is 13.1. The highest BCUT2D eigenvalue weighted by Crippen LogP contribution is 2.14. The SMILES string of the molecule is CS(=O)(=O)N(CC(=O)Nc1ccc(F)c(F)c1)Cc1cccnc1. The first-order chi connectivity index (χ1) is 11.3. The molecule has 128 valence electrons. The van der Waals surface area contributed by atoms with E-state index in [1.807, 2.05) is 0 Å². The van der Waals surface area contributed by atoms with Gasteiger partial charge in [0.1, 0.15) is 0 Å². The van der Waals surface area contributed by atoms with Crippen LogP contribution in [-0.4, -0.2) is 36.4 Å². The molecule has 0 saturated carbocycles. The quantitative estimate of drug-likeness (QED) is 0.856. The van der Waals surface area contributed by atoms with E-state index in [0.29, 0.717) is 5.56 Å². The van der Waals surface area contributed by atoms with Crippen molar-refractivity contribution in [1.82, 2.24) is 9.29 Å². The van der Waals surface area contributed by atoms with Crippen LogP contribution in [0.15, 0.2) is 42.7 Å². The summed E-state index contributed by atoms with van der Waals surface area (Å²) < 4.78 is 50.6. The highest BCUT2D eigenvalue weighted by atomic mass is 32.2. The van der Waals surface area contributed by atoms with Crippen molar-refractivity contribution in [3.05, 3.63) is 59.9 Å². The van der Waals surface area contributed by atoms with Gasteiger partial charge in [-0.1, -0.05) is 6.07 Å². The number of hydrogen-bond acceptors (Lipinski definition) is 4. The number of benzene rings is 1. The molecule has 0 fully saturated rings. The molecule has 0 unspecified atom stereocenters. The van der Waals surface area contributed by atoms with Crippen LogP contribution in [0.25, 0.3) is 0 Å². The summed E-state index contributed by atoms with van der Waals surface area (Å²) in [4.78, 5) is 15.9. The minimum absolute atomic E-state index is 0.0299. The number of carbonyl (C=O) groups excluding carboxylic acids is 1. The molecule has 2 aromatic rings. The van der Waals surface area contributed by atoms with Crippen LogP contribution in [0.2, 0.25) is 0 Å². The Morgan fingerprint density at radius 3 is 2.58 bits per heavy atom. The number of anilines is 1. The number of nitrogens with zero attached hydrogens (tertiary/aromatic N) is 2. The van der Waals surface area contributed by atoms with Gasteiger partial charge in [-0.15, -0.1) is 0 Å². The maximum Gasteiger partial charge on any atom is 0.239 e. The predicted octanol–water partition coefficient (Wildman–Crippen LogP) is 1.76. The number of sulfonamides is 1. The number of amides is 1. The zero-order chi connectivity index (χ0) is 17.7. The van der Waals surface area contributed by atoms with E-state index in [9.17, 15) is 22.0 Å². The lowest BCUT2D eigenvalue weighted by Gasteiger charge is -2.19. The zero-order valence-corrected chi connectivity index (χ0v) is 13.6. The molecule has 0 saturated heterocycles. The molecule has 0 spiro atoms. The highest BCUT2D eigenvalue weighted by Gasteiger charge is 2.21. The summed E-state index contributed by atoms with van der Waals surface area (Å²) in [5, 5.41) is 2.33. The third kappa shape index (κ3) is 5.07. The molecule has 0 radical (unpaired) electrons. The second-order valence-electron chi connectivity index (χ2n) is 5.07. The molecular formula is C15H15F2N3O3S. The first-order valence-corrected chi connectivity index (χ1v) is 8.69. The Morgan fingerprint density at radius 2 is 2.00 bits per heavy atom. The van der Waals surface area contributed by atoms with Gasteiger partial charge < -0.3 is 5.32 Å². The van der Waals surface area contributed by atoms with E-state index in [1.54, 1.807) is 18.3 Å². The molecule has 0 atom stereocenters. The Labute approximate surface area is 138 Å². The Kier molecular flexibility index (Phi) is 5.58. The second kappa shape index (κ2) is 7.45. The summed E-state index contributed by atoms with van der Waals surface area (Å²) in [7, 11) is -3.65. The molecule has 24 heavy (non-hydrogen) atoms. The summed E-state index contributed by atoms with van der Waals surface area (Å²) in [5.74, 6) is -2.82. The number of pyridine rings is 1. The number of nitrogens with one attached hydrogen (secondary N) is 1. The van der Waals surface area contributed by atoms with Crippen LogP contribution in [0, 0.1) is 11.6 Å². The van der Waals surface area contributed by atoms with E-state index in [0.717, 1.165) is 22.7 Å². The van der Waals surface area contributed by atoms with Crippen molar-refractivity contribution in [2.24, 2.45) is 0 Å². The summed E-state index contributed by atoms with van der Waals surface area (Å²) in [6.07, 6.45) is 4.02. The van der Waals surface area contributed by atoms with Crippen LogP contribution in [0.3, 0.4) is 0 Å². The Hall–Kier alpha value is -2.39. The van der Waals surface area contributed by atoms with Gasteiger partial charge in [-0.05, 0) is 23.8 Å². The van der Waals surface area contributed by atoms with Gasteiger partial charge in [-0.2, -0.15) is 4.31 Å². The molecule has 0 aliphatic rings. The second-order valence-corrected chi connectivity index (χ2v) is 7.05. The predicted molar refractivity (Wildman–Crippen MR) is 84.5 cm³/mol. The molecule has 9 heteroatoms. The largest absolute Gasteiger partial charge is 0.325 e. The Morgan fingerprint density at radius 1 is 1.25 bits per heavy atom. The van der Waals surface area contributed by atoms with Crippen molar-refractivity contribution in [3.63, 3.8) is 0 Å². The number of hydrogen-bond donors (Lipinski definition) is 1. The van der Waals surface area contributed by atoms with Gasteiger partial charge in [0.05, 0.1) is 12.8 Å². The number of halogens is 2. The van der Waals surface area contributed by atoms with E-state index >= 15 is 0 Å². The van der Waals surface area contributed by atoms with Crippen molar-refractivity contribution in [1.29, 1.82) is 0 Å². The molecule has 1 aromatic carbocycles. The van der Waals surface area contributed by atoms with Crippen LogP contribution < -0.4 is 5.32 Å². The van der Waals surface area contributed by atoms with Gasteiger partial charge in [-0.25, -0.2) is 17.2 Å². The van der Waals surface area contributed by atoms with Crippen LogP contribution in [-0.2, 0) is 21.4 Å². The van der Waals surface area contributed by atoms with Crippen molar-refractivity contribution in [3.8, 4) is 0 Å². The van der Waals surface area contributed by atoms with Gasteiger partial charge in [0.15, 0.2) is 11.6 Å². The first kappa shape index (κ1) is 18.0. The van der Waals surface area contributed by atoms with Gasteiger partial charge in [0.25, 0.3) is 0 Å². The van der Waals surface area contributed by atoms with Gasteiger partial charge in [0.2, 0.25) is 15.9 Å². The van der Waals surface area contributed by atoms with Crippen LogP contribution in [0.5, 0.6) is 0 Å². The summed E-state index contributed by atoms with van der Waals surface area (Å²) >= 11 is 0. The standard InChI is InChI=1S/C15H15F2N3O3S/c1-24(22,23)20(9-11-3-2-6-18-8-11)10-15(21)19-12-4-5-13(16)14(17)7-12/h2-8H,9-10H2,1H3,(H,19,21). The van der Waals surface area contributed by atoms with E-state index < -0.39 is 34.1 Å². The fourth-order valence-corrected chi connectivity index (χ4v) is 2.66. The lowest BCUT2D eigenvalue weighted by atomic mass is 10.3. The lowest BCUT2D eigenvalue weighted by molar-refractivity contribution is -0.116. The molecule has 1 heterocycles. The molecule has 0 aliphatic carbocycles. The fraction of sp³-hybridized carbons (Fsp3) is 0.200. The first-order valence-electron chi connectivity index (χ1n) is 6.84. The number of carbonyl (C=O) groups is 1. The van der Waals surface area contributed by atoms with Gasteiger partial charge in [0, 0.05) is 30.7 Å². The monoisotopic (exact) mass is 355 g/mol. The lowest BCUT2D eigenvalue weighted by Crippen LogP contribution is -2.36. The van der Waals surface area contributed by atoms with Crippen molar-refractivity contribution in [2.45, 2.75) is 6.54 Å². The fourth-order valence-electron chi connectivity index (χ4n) is 1.92. The molecule has 6 nitrogen and oxygen atoms in total. The van der Waals surface area contributed by atoms with Crippen molar-refractivity contribution in [2.75, 3.05) is 18.1 Å². The molecule has 1 aromatic heterocycles. The molecule has 0 aliphatic heterocycles. The van der Waals surface area contributed by atoms with Crippen LogP contribution in [0.1, 0.15) is 5.56 Å². The maximum atomic E-state index is 13.1. The summed E-state index contributed by atoms with van der Waals surface area (Å²) in [5.41, 5.74) is 0.650. The minimum Gasteiger partial charge on any atom is -0.325 e. The summed E-state index contributed by atoms with van der Waals surface area (Å²) in [6, 6.07) is 6.20. The van der Waals surface area contributed by atoms with E-state index in [1.165, 1.54) is 12.3 Å². The Balaban J connectivity index is 2.08. The molecule has 1 N–H and O–H groups in total. The average Bonchev–Trinajstić information content (AvgIpc) is 2.50. The summed E-state index contributed by atoms with van der Waals surface area (Å²) in [6.45, 7) is -0.495. The normalized spacial score (nSPS) is 11.5. The molecular weight excluding hydrogens is 340 g/mol. The minimum atomic E-state index is -3.65. The third-order valence-electron chi connectivity index (χ3n) is 3.07. The Bertz CT molecular complexity index is 829. The van der Waals surface area contributed by atoms with E-state index in [4.69, 9.17) is 0 Å². The molecule has 1 amide bonds. The molecule has 0 bridgehead atoms. The van der Waals surface area contributed by atoms with Crippen LogP contribution >= 0.6 is 0 Å². The average molecular weight is 355 g/mol. The van der Waals surface area contributed by atoms with E-state index in [-0.39, 0.29) is 12.2 Å². The van der Waals surface area contributed by atoms with Gasteiger partial charge in [-0.3, -0.25) is 9.78 Å². The van der Waals surface area contributed by atoms with Crippen molar-refractivity contribution >= 4 is 21.6 Å². The topological polar surface area (TPSA) is 79.4 Å². The molecule has 2 rings (SSSR count). The van der Waals surface area contributed by atoms with Crippen molar-refractivity contribution < 1.29 is 22.0 Å². The van der Waals surface area contributed by atoms with Crippen LogP contribution in [0.4, 0.5) is 14.5 Å². The van der Waals surface area contributed by atoms with E-state index in [2.05, 4.69) is 10.3 Å². The van der Waals surface area contributed by atoms with Gasteiger partial charge >= 0.3 is 0 Å². The number of aromatic nitrogens is 1. The smallest absolute Gasteiger partial charge is 0.239 e.